The summed E-state index contributed by atoms with van der Waals surface area (Å²) in [6.45, 7) is 3.37. The summed E-state index contributed by atoms with van der Waals surface area (Å²) in [5.41, 5.74) is 0.754. The van der Waals surface area contributed by atoms with Gasteiger partial charge >= 0.3 is 5.97 Å². The second-order valence-electron chi connectivity index (χ2n) is 6.56. The maximum atomic E-state index is 12.6. The van der Waals surface area contributed by atoms with Crippen molar-refractivity contribution < 1.29 is 28.6 Å². The molecule has 0 bridgehead atoms. The molecule has 1 heterocycles. The van der Waals surface area contributed by atoms with Crippen molar-refractivity contribution in [1.82, 2.24) is 10.2 Å². The Morgan fingerprint density at radius 3 is 2.76 bits per heavy atom. The number of piperazine rings is 1. The Labute approximate surface area is 170 Å². The Balaban J connectivity index is 2.09. The second-order valence-corrected chi connectivity index (χ2v) is 6.56. The fourth-order valence-electron chi connectivity index (χ4n) is 2.92. The van der Waals surface area contributed by atoms with Crippen molar-refractivity contribution in [2.45, 2.75) is 32.2 Å². The van der Waals surface area contributed by atoms with E-state index in [1.165, 1.54) is 18.1 Å². The number of amides is 2. The summed E-state index contributed by atoms with van der Waals surface area (Å²) in [6, 6.07) is 4.52. The summed E-state index contributed by atoms with van der Waals surface area (Å²) in [7, 11) is 2.81. The van der Waals surface area contributed by atoms with E-state index in [2.05, 4.69) is 17.0 Å². The third-order valence-corrected chi connectivity index (χ3v) is 4.56. The van der Waals surface area contributed by atoms with Crippen LogP contribution in [0.2, 0.25) is 0 Å². The van der Waals surface area contributed by atoms with E-state index in [1.807, 2.05) is 6.07 Å². The van der Waals surface area contributed by atoms with Crippen LogP contribution in [-0.2, 0) is 19.1 Å². The van der Waals surface area contributed by atoms with Gasteiger partial charge in [-0.25, -0.2) is 0 Å². The van der Waals surface area contributed by atoms with Crippen LogP contribution in [0.3, 0.4) is 0 Å². The number of esters is 1. The first kappa shape index (κ1) is 22.3. The van der Waals surface area contributed by atoms with Crippen LogP contribution in [0.25, 0.3) is 6.08 Å². The summed E-state index contributed by atoms with van der Waals surface area (Å²) in [6.07, 6.45) is 4.84. The van der Waals surface area contributed by atoms with Crippen molar-refractivity contribution in [3.8, 4) is 11.5 Å². The SMILES string of the molecule is CCCCOc1ccc(/C=C/C(=O)N2CCNC(=O)C2CC(=O)OC)cc1OC. The minimum Gasteiger partial charge on any atom is -0.493 e. The summed E-state index contributed by atoms with van der Waals surface area (Å²) >= 11 is 0. The van der Waals surface area contributed by atoms with Gasteiger partial charge < -0.3 is 24.4 Å². The molecule has 2 rings (SSSR count). The minimum atomic E-state index is -0.878. The number of hydrogen-bond acceptors (Lipinski definition) is 6. The third-order valence-electron chi connectivity index (χ3n) is 4.56. The Morgan fingerprint density at radius 1 is 1.28 bits per heavy atom. The topological polar surface area (TPSA) is 94.2 Å². The van der Waals surface area contributed by atoms with Crippen LogP contribution in [-0.4, -0.2) is 62.6 Å². The number of benzene rings is 1. The predicted molar refractivity (Wildman–Crippen MR) is 108 cm³/mol. The number of carbonyl (C=O) groups is 3. The van der Waals surface area contributed by atoms with Crippen molar-refractivity contribution in [3.63, 3.8) is 0 Å². The largest absolute Gasteiger partial charge is 0.493 e. The summed E-state index contributed by atoms with van der Waals surface area (Å²) in [4.78, 5) is 37.7. The lowest BCUT2D eigenvalue weighted by molar-refractivity contribution is -0.148. The molecular weight excluding hydrogens is 376 g/mol. The van der Waals surface area contributed by atoms with Crippen LogP contribution in [0.15, 0.2) is 24.3 Å². The molecule has 1 aliphatic heterocycles. The fourth-order valence-corrected chi connectivity index (χ4v) is 2.92. The number of methoxy groups -OCH3 is 2. The van der Waals surface area contributed by atoms with E-state index in [0.717, 1.165) is 18.4 Å². The highest BCUT2D eigenvalue weighted by molar-refractivity contribution is 5.97. The van der Waals surface area contributed by atoms with Crippen molar-refractivity contribution in [1.29, 1.82) is 0 Å². The van der Waals surface area contributed by atoms with Crippen molar-refractivity contribution >= 4 is 23.9 Å². The van der Waals surface area contributed by atoms with E-state index in [9.17, 15) is 14.4 Å². The molecular formula is C21H28N2O6. The molecule has 1 saturated heterocycles. The van der Waals surface area contributed by atoms with Crippen LogP contribution in [0.1, 0.15) is 31.7 Å². The first-order valence-corrected chi connectivity index (χ1v) is 9.64. The highest BCUT2D eigenvalue weighted by Gasteiger charge is 2.34. The summed E-state index contributed by atoms with van der Waals surface area (Å²) < 4.78 is 15.7. The van der Waals surface area contributed by atoms with Gasteiger partial charge in [-0.1, -0.05) is 19.4 Å². The van der Waals surface area contributed by atoms with E-state index in [0.29, 0.717) is 31.2 Å². The molecule has 8 heteroatoms. The normalized spacial score (nSPS) is 16.4. The summed E-state index contributed by atoms with van der Waals surface area (Å²) in [5.74, 6) is -0.0289. The number of unbranched alkanes of at least 4 members (excludes halogenated alkanes) is 1. The lowest BCUT2D eigenvalue weighted by Crippen LogP contribution is -2.57. The number of nitrogens with zero attached hydrogens (tertiary/aromatic N) is 1. The maximum Gasteiger partial charge on any atom is 0.308 e. The van der Waals surface area contributed by atoms with Crippen molar-refractivity contribution in [3.05, 3.63) is 29.8 Å². The molecule has 0 aliphatic carbocycles. The van der Waals surface area contributed by atoms with Gasteiger partial charge in [0.2, 0.25) is 11.8 Å². The molecule has 2 amide bonds. The number of rotatable bonds is 9. The lowest BCUT2D eigenvalue weighted by Gasteiger charge is -2.33. The second kappa shape index (κ2) is 11.1. The van der Waals surface area contributed by atoms with Crippen LogP contribution in [0, 0.1) is 0 Å². The Hall–Kier alpha value is -3.03. The monoisotopic (exact) mass is 404 g/mol. The van der Waals surface area contributed by atoms with Crippen molar-refractivity contribution in [2.24, 2.45) is 0 Å². The Morgan fingerprint density at radius 2 is 2.07 bits per heavy atom. The standard InChI is InChI=1S/C21H28N2O6/c1-4-5-12-29-17-8-6-15(13-18(17)27-2)7-9-19(24)23-11-10-22-21(26)16(23)14-20(25)28-3/h6-9,13,16H,4-5,10-12,14H2,1-3H3,(H,22,26)/b9-7+. The van der Waals surface area contributed by atoms with Crippen LogP contribution >= 0.6 is 0 Å². The van der Waals surface area contributed by atoms with Gasteiger partial charge in [-0.2, -0.15) is 0 Å². The van der Waals surface area contributed by atoms with Gasteiger partial charge in [0, 0.05) is 19.2 Å². The average Bonchev–Trinajstić information content (AvgIpc) is 2.73. The van der Waals surface area contributed by atoms with Gasteiger partial charge in [-0.15, -0.1) is 0 Å². The van der Waals surface area contributed by atoms with Gasteiger partial charge in [-0.3, -0.25) is 14.4 Å². The highest BCUT2D eigenvalue weighted by atomic mass is 16.5. The molecule has 1 fully saturated rings. The van der Waals surface area contributed by atoms with E-state index < -0.39 is 12.0 Å². The maximum absolute atomic E-state index is 12.6. The van der Waals surface area contributed by atoms with Gasteiger partial charge in [-0.05, 0) is 30.2 Å². The van der Waals surface area contributed by atoms with E-state index in [-0.39, 0.29) is 18.2 Å². The molecule has 8 nitrogen and oxygen atoms in total. The molecule has 1 aliphatic rings. The van der Waals surface area contributed by atoms with Crippen LogP contribution in [0.4, 0.5) is 0 Å². The number of nitrogens with one attached hydrogen (secondary N) is 1. The third kappa shape index (κ3) is 6.23. The molecule has 1 aromatic rings. The van der Waals surface area contributed by atoms with Gasteiger partial charge in [0.05, 0.1) is 27.2 Å². The quantitative estimate of drug-likeness (QED) is 0.383. The summed E-state index contributed by atoms with van der Waals surface area (Å²) in [5, 5.41) is 2.67. The molecule has 0 aromatic heterocycles. The number of ether oxygens (including phenoxy) is 3. The van der Waals surface area contributed by atoms with Crippen molar-refractivity contribution in [2.75, 3.05) is 33.9 Å². The zero-order valence-corrected chi connectivity index (χ0v) is 17.1. The molecule has 0 saturated carbocycles. The molecule has 1 aromatic carbocycles. The number of carbonyl (C=O) groups excluding carboxylic acids is 3. The fraction of sp³-hybridized carbons (Fsp3) is 0.476. The van der Waals surface area contributed by atoms with E-state index in [1.54, 1.807) is 25.3 Å². The van der Waals surface area contributed by atoms with Crippen LogP contribution in [0.5, 0.6) is 11.5 Å². The minimum absolute atomic E-state index is 0.181. The Bertz CT molecular complexity index is 762. The highest BCUT2D eigenvalue weighted by Crippen LogP contribution is 2.28. The van der Waals surface area contributed by atoms with Gasteiger partial charge in [0.1, 0.15) is 6.04 Å². The first-order valence-electron chi connectivity index (χ1n) is 9.64. The average molecular weight is 404 g/mol. The zero-order valence-electron chi connectivity index (χ0n) is 17.1. The zero-order chi connectivity index (χ0) is 21.2. The molecule has 29 heavy (non-hydrogen) atoms. The molecule has 0 spiro atoms. The van der Waals surface area contributed by atoms with Crippen LogP contribution < -0.4 is 14.8 Å². The molecule has 0 radical (unpaired) electrons. The Kier molecular flexibility index (Phi) is 8.51. The van der Waals surface area contributed by atoms with E-state index in [4.69, 9.17) is 9.47 Å². The van der Waals surface area contributed by atoms with Gasteiger partial charge in [0.15, 0.2) is 11.5 Å². The van der Waals surface area contributed by atoms with Gasteiger partial charge in [0.25, 0.3) is 0 Å². The first-order chi connectivity index (χ1) is 14.0. The molecule has 1 atom stereocenters. The molecule has 1 N–H and O–H groups in total. The smallest absolute Gasteiger partial charge is 0.308 e. The number of hydrogen-bond donors (Lipinski definition) is 1. The predicted octanol–water partition coefficient (Wildman–Crippen LogP) is 1.78. The van der Waals surface area contributed by atoms with E-state index >= 15 is 0 Å². The molecule has 1 unspecified atom stereocenters. The molecule has 158 valence electrons. The lowest BCUT2D eigenvalue weighted by atomic mass is 10.1.